The minimum Gasteiger partial charge on any atom is -0.347 e. The molecule has 1 amide bonds. The smallest absolute Gasteiger partial charge is 0.274 e. The number of amides is 1. The minimum absolute atomic E-state index is 0.0494. The van der Waals surface area contributed by atoms with Gasteiger partial charge in [0.25, 0.3) is 17.0 Å². The number of carbonyl (C=O) groups excluding carboxylic acids is 1. The van der Waals surface area contributed by atoms with Crippen molar-refractivity contribution < 1.29 is 4.79 Å². The molecule has 5 rings (SSSR count). The molecule has 0 radical (unpaired) electrons. The van der Waals surface area contributed by atoms with Crippen LogP contribution in [0.25, 0.3) is 21.7 Å². The Labute approximate surface area is 188 Å². The van der Waals surface area contributed by atoms with Crippen LogP contribution in [0.1, 0.15) is 34.9 Å². The number of carbonyl (C=O) groups is 1. The summed E-state index contributed by atoms with van der Waals surface area (Å²) in [6, 6.07) is 8.81. The maximum absolute atomic E-state index is 13.3. The molecule has 33 heavy (non-hydrogen) atoms. The van der Waals surface area contributed by atoms with E-state index >= 15 is 0 Å². The van der Waals surface area contributed by atoms with Gasteiger partial charge < -0.3 is 14.8 Å². The molecule has 10 nitrogen and oxygen atoms in total. The van der Waals surface area contributed by atoms with Crippen molar-refractivity contribution in [3.05, 3.63) is 68.6 Å². The average Bonchev–Trinajstić information content (AvgIpc) is 2.83. The minimum atomic E-state index is -0.327. The summed E-state index contributed by atoms with van der Waals surface area (Å²) in [6.45, 7) is 1.01. The number of nitrogens with one attached hydrogen (secondary N) is 2. The lowest BCUT2D eigenvalue weighted by molar-refractivity contribution is 0.0701. The van der Waals surface area contributed by atoms with Crippen LogP contribution < -0.4 is 16.0 Å². The summed E-state index contributed by atoms with van der Waals surface area (Å²) >= 11 is 0. The quantitative estimate of drug-likeness (QED) is 0.491. The van der Waals surface area contributed by atoms with Crippen LogP contribution in [0.4, 0.5) is 5.95 Å². The number of hydrogen-bond donors (Lipinski definition) is 2. The highest BCUT2D eigenvalue weighted by Gasteiger charge is 2.28. The number of aromatic nitrogens is 5. The number of piperidine rings is 1. The van der Waals surface area contributed by atoms with Crippen LogP contribution >= 0.6 is 0 Å². The fraction of sp³-hybridized carbons (Fsp3) is 0.304. The topological polar surface area (TPSA) is 128 Å². The lowest BCUT2D eigenvalue weighted by Gasteiger charge is -2.32. The van der Waals surface area contributed by atoms with Gasteiger partial charge in [-0.2, -0.15) is 5.10 Å². The van der Waals surface area contributed by atoms with E-state index in [2.05, 4.69) is 25.1 Å². The van der Waals surface area contributed by atoms with Crippen LogP contribution in [0, 0.1) is 0 Å². The van der Waals surface area contributed by atoms with Crippen molar-refractivity contribution in [2.45, 2.75) is 18.8 Å². The van der Waals surface area contributed by atoms with E-state index in [1.807, 2.05) is 20.2 Å². The molecule has 1 aliphatic heterocycles. The number of aromatic amines is 2. The molecule has 1 aliphatic rings. The zero-order valence-corrected chi connectivity index (χ0v) is 18.3. The molecule has 168 valence electrons. The Balaban J connectivity index is 1.48. The molecular formula is C23H23N7O3. The molecule has 1 saturated heterocycles. The second-order valence-corrected chi connectivity index (χ2v) is 8.45. The first-order chi connectivity index (χ1) is 15.9. The monoisotopic (exact) mass is 445 g/mol. The molecule has 0 aliphatic carbocycles. The summed E-state index contributed by atoms with van der Waals surface area (Å²) < 4.78 is 0. The molecule has 0 bridgehead atoms. The fourth-order valence-corrected chi connectivity index (χ4v) is 4.33. The van der Waals surface area contributed by atoms with E-state index in [0.717, 1.165) is 18.5 Å². The number of likely N-dealkylation sites (tertiary alicyclic amines) is 1. The number of benzene rings is 1. The zero-order valence-electron chi connectivity index (χ0n) is 18.3. The van der Waals surface area contributed by atoms with Crippen LogP contribution in [0.3, 0.4) is 0 Å². The van der Waals surface area contributed by atoms with Crippen molar-refractivity contribution in [2.24, 2.45) is 0 Å². The highest BCUT2D eigenvalue weighted by Crippen LogP contribution is 2.28. The lowest BCUT2D eigenvalue weighted by atomic mass is 9.93. The first-order valence-electron chi connectivity index (χ1n) is 10.8. The Hall–Kier alpha value is -4.08. The molecule has 1 fully saturated rings. The molecule has 1 atom stereocenters. The highest BCUT2D eigenvalue weighted by molar-refractivity contribution is 6.04. The molecule has 4 heterocycles. The maximum atomic E-state index is 13.3. The van der Waals surface area contributed by atoms with Crippen LogP contribution in [0.2, 0.25) is 0 Å². The van der Waals surface area contributed by atoms with E-state index in [9.17, 15) is 14.4 Å². The van der Waals surface area contributed by atoms with Crippen LogP contribution in [0.15, 0.2) is 46.1 Å². The normalized spacial score (nSPS) is 16.3. The second-order valence-electron chi connectivity index (χ2n) is 8.45. The van der Waals surface area contributed by atoms with Gasteiger partial charge in [-0.15, -0.1) is 0 Å². The maximum Gasteiger partial charge on any atom is 0.274 e. The van der Waals surface area contributed by atoms with Gasteiger partial charge in [-0.05, 0) is 25.0 Å². The van der Waals surface area contributed by atoms with Crippen LogP contribution in [0.5, 0.6) is 0 Å². The fourth-order valence-electron chi connectivity index (χ4n) is 4.33. The lowest BCUT2D eigenvalue weighted by Crippen LogP contribution is -2.40. The van der Waals surface area contributed by atoms with Gasteiger partial charge in [0.15, 0.2) is 5.69 Å². The van der Waals surface area contributed by atoms with Gasteiger partial charge in [-0.3, -0.25) is 14.4 Å². The Morgan fingerprint density at radius 2 is 1.91 bits per heavy atom. The third-order valence-corrected chi connectivity index (χ3v) is 6.05. The predicted octanol–water partition coefficient (Wildman–Crippen LogP) is 1.64. The number of anilines is 1. The van der Waals surface area contributed by atoms with Crippen molar-refractivity contribution in [1.29, 1.82) is 0 Å². The molecule has 3 aromatic heterocycles. The van der Waals surface area contributed by atoms with Gasteiger partial charge >= 0.3 is 0 Å². The predicted molar refractivity (Wildman–Crippen MR) is 125 cm³/mol. The molecule has 1 aromatic carbocycles. The van der Waals surface area contributed by atoms with Gasteiger partial charge in [0, 0.05) is 50.4 Å². The highest BCUT2D eigenvalue weighted by atomic mass is 16.2. The summed E-state index contributed by atoms with van der Waals surface area (Å²) in [5.74, 6) is 0.231. The summed E-state index contributed by atoms with van der Waals surface area (Å²) in [6.07, 6.45) is 3.14. The first-order valence-corrected chi connectivity index (χ1v) is 10.8. The number of hydrogen-bond acceptors (Lipinski definition) is 7. The summed E-state index contributed by atoms with van der Waals surface area (Å²) in [7, 11) is 3.68. The largest absolute Gasteiger partial charge is 0.347 e. The molecule has 4 aromatic rings. The van der Waals surface area contributed by atoms with E-state index in [0.29, 0.717) is 40.7 Å². The number of fused-ring (bicyclic) bond motifs is 2. The Bertz CT molecular complexity index is 1490. The van der Waals surface area contributed by atoms with Gasteiger partial charge in [-0.1, -0.05) is 18.2 Å². The Morgan fingerprint density at radius 1 is 1.12 bits per heavy atom. The summed E-state index contributed by atoms with van der Waals surface area (Å²) in [5.41, 5.74) is 0.967. The van der Waals surface area contributed by atoms with Crippen LogP contribution in [-0.2, 0) is 0 Å². The molecule has 0 spiro atoms. The van der Waals surface area contributed by atoms with Gasteiger partial charge in [0.1, 0.15) is 0 Å². The third-order valence-electron chi connectivity index (χ3n) is 6.05. The number of nitrogens with zero attached hydrogens (tertiary/aromatic N) is 5. The molecule has 2 N–H and O–H groups in total. The third kappa shape index (κ3) is 3.73. The van der Waals surface area contributed by atoms with Crippen molar-refractivity contribution in [1.82, 2.24) is 30.0 Å². The molecule has 0 saturated carbocycles. The number of H-pyrrole nitrogens is 2. The van der Waals surface area contributed by atoms with Crippen molar-refractivity contribution >= 4 is 33.5 Å². The first kappa shape index (κ1) is 20.8. The summed E-state index contributed by atoms with van der Waals surface area (Å²) in [5, 5.41) is 7.87. The molecular weight excluding hydrogens is 422 g/mol. The van der Waals surface area contributed by atoms with Crippen molar-refractivity contribution in [3.8, 4) is 0 Å². The van der Waals surface area contributed by atoms with E-state index in [-0.39, 0.29) is 28.6 Å². The van der Waals surface area contributed by atoms with E-state index in [4.69, 9.17) is 0 Å². The van der Waals surface area contributed by atoms with E-state index < -0.39 is 0 Å². The number of rotatable bonds is 3. The Kier molecular flexibility index (Phi) is 5.12. The van der Waals surface area contributed by atoms with Crippen molar-refractivity contribution in [3.63, 3.8) is 0 Å². The average molecular weight is 445 g/mol. The van der Waals surface area contributed by atoms with Gasteiger partial charge in [-0.25, -0.2) is 15.1 Å². The van der Waals surface area contributed by atoms with Crippen molar-refractivity contribution in [2.75, 3.05) is 32.1 Å². The van der Waals surface area contributed by atoms with E-state index in [1.54, 1.807) is 34.1 Å². The Morgan fingerprint density at radius 3 is 2.70 bits per heavy atom. The SMILES string of the molecule is CN(C)c1ncc2c(=O)[nH]c([C@@H]3CCCN(C(=O)c4n[nH]c(=O)c5ccccc45)C3)cc2n1. The van der Waals surface area contributed by atoms with Crippen LogP contribution in [-0.4, -0.2) is 63.1 Å². The molecule has 0 unspecified atom stereocenters. The van der Waals surface area contributed by atoms with Gasteiger partial charge in [0.05, 0.1) is 16.3 Å². The van der Waals surface area contributed by atoms with E-state index in [1.165, 1.54) is 6.20 Å². The van der Waals surface area contributed by atoms with Gasteiger partial charge in [0.2, 0.25) is 5.95 Å². The zero-order chi connectivity index (χ0) is 23.1. The summed E-state index contributed by atoms with van der Waals surface area (Å²) in [4.78, 5) is 53.3. The number of pyridine rings is 1. The second kappa shape index (κ2) is 8.12. The standard InChI is InChI=1S/C23H23N7O3/c1-29(2)23-24-11-16-18(26-23)10-17(25-20(16)31)13-6-5-9-30(12-13)22(33)19-14-7-3-4-8-15(14)21(32)28-27-19/h3-4,7-8,10-11,13H,5-6,9,12H2,1-2H3,(H,25,31)(H,28,32)/t13-/m1/s1. The molecule has 10 heteroatoms.